The molecule has 1 aromatic carbocycles. The van der Waals surface area contributed by atoms with E-state index in [9.17, 15) is 9.59 Å². The van der Waals surface area contributed by atoms with Crippen LogP contribution in [0.2, 0.25) is 0 Å². The van der Waals surface area contributed by atoms with E-state index in [0.717, 1.165) is 65.8 Å². The number of amides is 2. The first-order chi connectivity index (χ1) is 20.8. The van der Waals surface area contributed by atoms with Crippen LogP contribution in [-0.4, -0.2) is 55.0 Å². The molecule has 1 saturated heterocycles. The minimum Gasteiger partial charge on any atom is -0.348 e. The fraction of sp³-hybridized carbons (Fsp3) is 0.333. The molecule has 2 aliphatic heterocycles. The van der Waals surface area contributed by atoms with E-state index in [1.165, 1.54) is 10.6 Å². The third-order valence-corrected chi connectivity index (χ3v) is 9.12. The van der Waals surface area contributed by atoms with Crippen LogP contribution in [0.3, 0.4) is 0 Å². The zero-order valence-electron chi connectivity index (χ0n) is 23.9. The highest BCUT2D eigenvalue weighted by Crippen LogP contribution is 2.38. The Labute approximate surface area is 247 Å². The number of halogens is 1. The smallest absolute Gasteiger partial charge is 0.255 e. The largest absolute Gasteiger partial charge is 0.348 e. The molecule has 43 heavy (non-hydrogen) atoms. The van der Waals surface area contributed by atoms with Gasteiger partial charge in [0.25, 0.3) is 11.8 Å². The average Bonchev–Trinajstić information content (AvgIpc) is 3.53. The van der Waals surface area contributed by atoms with Crippen molar-refractivity contribution in [2.24, 2.45) is 11.7 Å². The number of benzene rings is 1. The van der Waals surface area contributed by atoms with Crippen LogP contribution in [0.5, 0.6) is 0 Å². The van der Waals surface area contributed by atoms with Crippen LogP contribution < -0.4 is 11.1 Å². The Morgan fingerprint density at radius 1 is 1.14 bits per heavy atom. The Hall–Kier alpha value is -4.57. The van der Waals surface area contributed by atoms with Gasteiger partial charge in [0.05, 0.1) is 17.0 Å². The molecule has 0 bridgehead atoms. The van der Waals surface area contributed by atoms with Crippen molar-refractivity contribution in [2.45, 2.75) is 51.7 Å². The van der Waals surface area contributed by atoms with Gasteiger partial charge in [-0.25, -0.2) is 13.9 Å². The molecule has 3 N–H and O–H groups in total. The van der Waals surface area contributed by atoms with Crippen molar-refractivity contribution >= 4 is 28.4 Å². The summed E-state index contributed by atoms with van der Waals surface area (Å²) < 4.78 is 19.3. The summed E-state index contributed by atoms with van der Waals surface area (Å²) in [5, 5.41) is 8.70. The van der Waals surface area contributed by atoms with E-state index in [4.69, 9.17) is 15.8 Å². The summed E-state index contributed by atoms with van der Waals surface area (Å²) in [6.07, 6.45) is 5.68. The lowest BCUT2D eigenvalue weighted by Crippen LogP contribution is -2.45. The fourth-order valence-electron chi connectivity index (χ4n) is 6.63. The number of hydrogen-bond acceptors (Lipinski definition) is 5. The quantitative estimate of drug-likeness (QED) is 0.315. The fourth-order valence-corrected chi connectivity index (χ4v) is 6.63. The molecule has 2 fully saturated rings. The van der Waals surface area contributed by atoms with E-state index in [2.05, 4.69) is 22.0 Å². The van der Waals surface area contributed by atoms with Crippen molar-refractivity contribution in [2.75, 3.05) is 13.1 Å². The molecule has 0 unspecified atom stereocenters. The van der Waals surface area contributed by atoms with E-state index in [1.807, 2.05) is 31.2 Å². The van der Waals surface area contributed by atoms with Gasteiger partial charge in [-0.2, -0.15) is 5.10 Å². The maximum absolute atomic E-state index is 15.6. The number of rotatable bonds is 5. The molecule has 1 saturated carbocycles. The second-order valence-corrected chi connectivity index (χ2v) is 12.2. The Kier molecular flexibility index (Phi) is 5.91. The number of pyridine rings is 2. The van der Waals surface area contributed by atoms with Gasteiger partial charge in [-0.3, -0.25) is 9.59 Å². The number of nitrogens with zero attached hydrogens (tertiary/aromatic N) is 5. The van der Waals surface area contributed by atoms with Crippen LogP contribution in [0.1, 0.15) is 57.5 Å². The number of piperidine rings is 1. The molecule has 6 heterocycles. The topological polar surface area (TPSA) is 111 Å². The van der Waals surface area contributed by atoms with Gasteiger partial charge >= 0.3 is 0 Å². The molecule has 8 rings (SSSR count). The van der Waals surface area contributed by atoms with Gasteiger partial charge in [0.1, 0.15) is 22.7 Å². The molecule has 3 aliphatic rings. The Morgan fingerprint density at radius 3 is 2.81 bits per heavy atom. The number of fused-ring (bicyclic) bond motifs is 3. The molecule has 0 spiro atoms. The highest BCUT2D eigenvalue weighted by molar-refractivity contribution is 5.99. The summed E-state index contributed by atoms with van der Waals surface area (Å²) in [6, 6.07) is 13.2. The van der Waals surface area contributed by atoms with E-state index >= 15 is 4.39 Å². The number of nitrogens with two attached hydrogens (primary N) is 1. The lowest BCUT2D eigenvalue weighted by atomic mass is 10.0. The first-order valence-electron chi connectivity index (χ1n) is 15.0. The molecular formula is C33H32FN7O2. The van der Waals surface area contributed by atoms with Crippen LogP contribution in [0.4, 0.5) is 4.39 Å². The van der Waals surface area contributed by atoms with Gasteiger partial charge in [0.15, 0.2) is 0 Å². The van der Waals surface area contributed by atoms with Crippen molar-refractivity contribution in [3.63, 3.8) is 0 Å². The van der Waals surface area contributed by atoms with Crippen LogP contribution in [0.15, 0.2) is 48.7 Å². The lowest BCUT2D eigenvalue weighted by molar-refractivity contribution is 0.0707. The highest BCUT2D eigenvalue weighted by atomic mass is 19.1. The molecule has 1 atom stereocenters. The van der Waals surface area contributed by atoms with Gasteiger partial charge in [0.2, 0.25) is 0 Å². The van der Waals surface area contributed by atoms with Crippen LogP contribution >= 0.6 is 0 Å². The Morgan fingerprint density at radius 2 is 2.00 bits per heavy atom. The number of carbonyl (C=O) groups is 2. The lowest BCUT2D eigenvalue weighted by Gasteiger charge is -2.30. The number of aromatic nitrogens is 4. The summed E-state index contributed by atoms with van der Waals surface area (Å²) >= 11 is 0. The van der Waals surface area contributed by atoms with E-state index in [-0.39, 0.29) is 23.4 Å². The van der Waals surface area contributed by atoms with E-state index < -0.39 is 5.82 Å². The number of carbonyl (C=O) groups excluding carboxylic acids is 2. The van der Waals surface area contributed by atoms with Crippen LogP contribution in [0, 0.1) is 18.7 Å². The van der Waals surface area contributed by atoms with Gasteiger partial charge in [-0.15, -0.1) is 0 Å². The van der Waals surface area contributed by atoms with Crippen molar-refractivity contribution < 1.29 is 14.0 Å². The van der Waals surface area contributed by atoms with Crippen molar-refractivity contribution in [1.29, 1.82) is 0 Å². The monoisotopic (exact) mass is 577 g/mol. The number of likely N-dealkylation sites (tertiary alicyclic amines) is 1. The molecule has 9 nitrogen and oxygen atoms in total. The third-order valence-electron chi connectivity index (χ3n) is 9.12. The minimum absolute atomic E-state index is 0.0423. The van der Waals surface area contributed by atoms with Crippen LogP contribution in [-0.2, 0) is 13.1 Å². The zero-order valence-corrected chi connectivity index (χ0v) is 23.9. The maximum atomic E-state index is 15.6. The average molecular weight is 578 g/mol. The first kappa shape index (κ1) is 26.1. The predicted octanol–water partition coefficient (Wildman–Crippen LogP) is 4.68. The van der Waals surface area contributed by atoms with Crippen molar-refractivity contribution in [3.8, 4) is 22.6 Å². The van der Waals surface area contributed by atoms with Crippen molar-refractivity contribution in [3.05, 3.63) is 76.7 Å². The molecule has 4 aromatic heterocycles. The molecule has 2 amide bonds. The van der Waals surface area contributed by atoms with Gasteiger partial charge in [0, 0.05) is 60.5 Å². The molecule has 5 aromatic rings. The summed E-state index contributed by atoms with van der Waals surface area (Å²) in [7, 11) is 0. The van der Waals surface area contributed by atoms with E-state index in [0.29, 0.717) is 47.9 Å². The predicted molar refractivity (Wildman–Crippen MR) is 161 cm³/mol. The third kappa shape index (κ3) is 4.39. The molecule has 10 heteroatoms. The SMILES string of the molecule is Cc1c(-c2cc3ccc(-c4ccc5c(c4)CNC5=O)nc3n2CC2CC2)nn2cc(C(=O)N3CCC[C@@H](N)C3)cc(F)c12. The first-order valence-corrected chi connectivity index (χ1v) is 15.0. The second kappa shape index (κ2) is 9.74. The van der Waals surface area contributed by atoms with E-state index in [1.54, 1.807) is 11.1 Å². The minimum atomic E-state index is -0.474. The molecule has 0 radical (unpaired) electrons. The number of nitrogens with one attached hydrogen (secondary N) is 1. The van der Waals surface area contributed by atoms with Crippen LogP contribution in [0.25, 0.3) is 39.2 Å². The Bertz CT molecular complexity index is 1970. The standard InChI is InChI=1S/C33H32FN7O2/c1-18-29(38-41-16-23(12-26(34)30(18)41)33(43)39-10-2-3-24(35)17-39)28-13-21-7-9-27(37-31(21)40(28)15-19-4-5-19)20-6-8-25-22(11-20)14-36-32(25)42/h6-9,11-13,16,19,24H,2-5,10,14-15,17,35H2,1H3,(H,36,42)/t24-/m1/s1. The zero-order chi connectivity index (χ0) is 29.4. The molecular weight excluding hydrogens is 545 g/mol. The summed E-state index contributed by atoms with van der Waals surface area (Å²) in [6.45, 7) is 4.29. The van der Waals surface area contributed by atoms with Gasteiger partial charge in [-0.1, -0.05) is 6.07 Å². The number of aryl methyl sites for hydroxylation is 1. The van der Waals surface area contributed by atoms with Gasteiger partial charge < -0.3 is 20.5 Å². The summed E-state index contributed by atoms with van der Waals surface area (Å²) in [5.41, 5.74) is 13.3. The normalized spacial score (nSPS) is 18.4. The Balaban J connectivity index is 1.22. The molecule has 218 valence electrons. The highest BCUT2D eigenvalue weighted by Gasteiger charge is 2.28. The van der Waals surface area contributed by atoms with Crippen molar-refractivity contribution in [1.82, 2.24) is 29.4 Å². The molecule has 1 aliphatic carbocycles. The second-order valence-electron chi connectivity index (χ2n) is 12.2. The maximum Gasteiger partial charge on any atom is 0.255 e. The summed E-state index contributed by atoms with van der Waals surface area (Å²) in [4.78, 5) is 32.1. The van der Waals surface area contributed by atoms with Gasteiger partial charge in [-0.05, 0) is 80.5 Å². The summed E-state index contributed by atoms with van der Waals surface area (Å²) in [5.74, 6) is -0.180. The number of hydrogen-bond donors (Lipinski definition) is 2.